The van der Waals surface area contributed by atoms with E-state index in [0.29, 0.717) is 11.3 Å². The van der Waals surface area contributed by atoms with Gasteiger partial charge in [-0.05, 0) is 66.8 Å². The van der Waals surface area contributed by atoms with Crippen LogP contribution in [0.5, 0.6) is 5.75 Å². The average Bonchev–Trinajstić information content (AvgIpc) is 2.86. The summed E-state index contributed by atoms with van der Waals surface area (Å²) >= 11 is 0. The van der Waals surface area contributed by atoms with Crippen LogP contribution in [0.15, 0.2) is 91.1 Å². The second kappa shape index (κ2) is 10.7. The molecule has 0 saturated carbocycles. The number of phenolic OH excluding ortho intramolecular Hbond substituents is 1. The van der Waals surface area contributed by atoms with Crippen molar-refractivity contribution in [3.63, 3.8) is 0 Å². The number of carbonyl (C=O) groups is 1. The monoisotopic (exact) mass is 451 g/mol. The Morgan fingerprint density at radius 1 is 0.941 bits per heavy atom. The molecule has 5 heteroatoms. The third-order valence-electron chi connectivity index (χ3n) is 5.88. The van der Waals surface area contributed by atoms with Crippen molar-refractivity contribution in [3.05, 3.63) is 108 Å². The number of hydrogen-bond donors (Lipinski definition) is 2. The van der Waals surface area contributed by atoms with Crippen LogP contribution in [-0.4, -0.2) is 29.6 Å². The minimum Gasteiger partial charge on any atom is -0.508 e. The van der Waals surface area contributed by atoms with Gasteiger partial charge in [-0.1, -0.05) is 54.6 Å². The molecule has 0 aliphatic carbocycles. The maximum atomic E-state index is 12.8. The molecule has 1 amide bonds. The van der Waals surface area contributed by atoms with Crippen LogP contribution in [0.4, 0.5) is 11.4 Å². The Morgan fingerprint density at radius 3 is 2.26 bits per heavy atom. The lowest BCUT2D eigenvalue weighted by Gasteiger charge is -2.22. The number of amides is 1. The van der Waals surface area contributed by atoms with E-state index in [0.717, 1.165) is 41.9 Å². The average molecular weight is 452 g/mol. The molecule has 1 heterocycles. The molecular formula is C29H29N3O2. The van der Waals surface area contributed by atoms with Gasteiger partial charge >= 0.3 is 0 Å². The molecule has 0 aliphatic heterocycles. The van der Waals surface area contributed by atoms with Gasteiger partial charge in [0.25, 0.3) is 5.91 Å². The minimum absolute atomic E-state index is 0.180. The predicted octanol–water partition coefficient (Wildman–Crippen LogP) is 6.08. The van der Waals surface area contributed by atoms with Crippen molar-refractivity contribution >= 4 is 17.3 Å². The van der Waals surface area contributed by atoms with E-state index in [-0.39, 0.29) is 11.7 Å². The van der Waals surface area contributed by atoms with Crippen LogP contribution in [0, 0.1) is 6.92 Å². The largest absolute Gasteiger partial charge is 0.508 e. The van der Waals surface area contributed by atoms with Crippen molar-refractivity contribution in [2.24, 2.45) is 0 Å². The highest BCUT2D eigenvalue weighted by Gasteiger charge is 2.11. The van der Waals surface area contributed by atoms with E-state index in [4.69, 9.17) is 0 Å². The molecule has 0 radical (unpaired) electrons. The first-order chi connectivity index (χ1) is 16.5. The highest BCUT2D eigenvalue weighted by molar-refractivity contribution is 6.04. The second-order valence-electron chi connectivity index (χ2n) is 8.42. The molecule has 172 valence electrons. The molecule has 0 atom stereocenters. The summed E-state index contributed by atoms with van der Waals surface area (Å²) in [5.74, 6) is 0.0493. The van der Waals surface area contributed by atoms with Crippen molar-refractivity contribution in [3.8, 4) is 16.9 Å². The summed E-state index contributed by atoms with van der Waals surface area (Å²) < 4.78 is 0. The number of carbonyl (C=O) groups excluding carboxylic acids is 1. The zero-order chi connectivity index (χ0) is 23.9. The molecule has 0 spiro atoms. The van der Waals surface area contributed by atoms with Crippen LogP contribution < -0.4 is 10.2 Å². The minimum atomic E-state index is -0.180. The number of hydrogen-bond acceptors (Lipinski definition) is 4. The van der Waals surface area contributed by atoms with E-state index in [1.54, 1.807) is 30.5 Å². The Morgan fingerprint density at radius 2 is 1.59 bits per heavy atom. The first-order valence-corrected chi connectivity index (χ1v) is 11.4. The fourth-order valence-corrected chi connectivity index (χ4v) is 3.93. The number of aromatic hydroxyl groups is 1. The SMILES string of the molecule is Cc1ncc(NC(=O)c2ccc(-c3ccc(O)cc3)cc2)cc1N(C)CCCc1ccccc1. The van der Waals surface area contributed by atoms with Crippen LogP contribution in [0.2, 0.25) is 0 Å². The summed E-state index contributed by atoms with van der Waals surface area (Å²) in [6, 6.07) is 26.9. The van der Waals surface area contributed by atoms with Crippen LogP contribution >= 0.6 is 0 Å². The summed E-state index contributed by atoms with van der Waals surface area (Å²) in [4.78, 5) is 19.5. The number of phenols is 1. The van der Waals surface area contributed by atoms with Gasteiger partial charge in [0.15, 0.2) is 0 Å². The second-order valence-corrected chi connectivity index (χ2v) is 8.42. The lowest BCUT2D eigenvalue weighted by Crippen LogP contribution is -2.21. The fraction of sp³-hybridized carbons (Fsp3) is 0.172. The highest BCUT2D eigenvalue weighted by Crippen LogP contribution is 2.24. The molecule has 0 aliphatic rings. The number of anilines is 2. The van der Waals surface area contributed by atoms with E-state index in [2.05, 4.69) is 46.5 Å². The lowest BCUT2D eigenvalue weighted by atomic mass is 10.0. The van der Waals surface area contributed by atoms with Gasteiger partial charge in [0.2, 0.25) is 0 Å². The molecule has 0 bridgehead atoms. The lowest BCUT2D eigenvalue weighted by molar-refractivity contribution is 0.102. The number of aromatic nitrogens is 1. The number of pyridine rings is 1. The maximum absolute atomic E-state index is 12.8. The van der Waals surface area contributed by atoms with Gasteiger partial charge in [0.1, 0.15) is 5.75 Å². The van der Waals surface area contributed by atoms with Gasteiger partial charge in [-0.25, -0.2) is 0 Å². The van der Waals surface area contributed by atoms with Gasteiger partial charge in [-0.2, -0.15) is 0 Å². The number of nitrogens with zero attached hydrogens (tertiary/aromatic N) is 2. The Hall–Kier alpha value is -4.12. The number of rotatable bonds is 8. The van der Waals surface area contributed by atoms with Gasteiger partial charge in [-0.15, -0.1) is 0 Å². The Balaban J connectivity index is 1.39. The molecule has 1 aromatic heterocycles. The molecule has 4 aromatic rings. The normalized spacial score (nSPS) is 10.6. The van der Waals surface area contributed by atoms with E-state index in [1.807, 2.05) is 43.3 Å². The molecular weight excluding hydrogens is 422 g/mol. The topological polar surface area (TPSA) is 65.5 Å². The van der Waals surface area contributed by atoms with Crippen LogP contribution in [0.25, 0.3) is 11.1 Å². The van der Waals surface area contributed by atoms with Crippen molar-refractivity contribution in [1.29, 1.82) is 0 Å². The molecule has 0 unspecified atom stereocenters. The van der Waals surface area contributed by atoms with Crippen LogP contribution in [0.3, 0.4) is 0 Å². The third-order valence-corrected chi connectivity index (χ3v) is 5.88. The molecule has 5 nitrogen and oxygen atoms in total. The standard InChI is InChI=1S/C29H29N3O2/c1-21-28(32(2)18-6-9-22-7-4-3-5-8-22)19-26(20-30-21)31-29(34)25-12-10-23(11-13-25)24-14-16-27(33)17-15-24/h3-5,7-8,10-17,19-20,33H,6,9,18H2,1-2H3,(H,31,34). The van der Waals surface area contributed by atoms with Crippen LogP contribution in [0.1, 0.15) is 28.0 Å². The van der Waals surface area contributed by atoms with Gasteiger partial charge in [0, 0.05) is 19.2 Å². The Labute approximate surface area is 200 Å². The Bertz CT molecular complexity index is 1240. The van der Waals surface area contributed by atoms with Crippen LogP contribution in [-0.2, 0) is 6.42 Å². The number of nitrogens with one attached hydrogen (secondary N) is 1. The molecule has 0 fully saturated rings. The third kappa shape index (κ3) is 5.81. The van der Waals surface area contributed by atoms with Crippen molar-refractivity contribution in [2.75, 3.05) is 23.8 Å². The van der Waals surface area contributed by atoms with Gasteiger partial charge in [0.05, 0.1) is 23.3 Å². The van der Waals surface area contributed by atoms with E-state index in [9.17, 15) is 9.90 Å². The van der Waals surface area contributed by atoms with Crippen molar-refractivity contribution in [1.82, 2.24) is 4.98 Å². The molecule has 34 heavy (non-hydrogen) atoms. The first kappa shape index (κ1) is 23.1. The van der Waals surface area contributed by atoms with Gasteiger partial charge < -0.3 is 15.3 Å². The first-order valence-electron chi connectivity index (χ1n) is 11.4. The molecule has 4 rings (SSSR count). The molecule has 3 aromatic carbocycles. The number of aryl methyl sites for hydroxylation is 2. The summed E-state index contributed by atoms with van der Waals surface area (Å²) in [6.45, 7) is 2.88. The van der Waals surface area contributed by atoms with E-state index < -0.39 is 0 Å². The molecule has 2 N–H and O–H groups in total. The maximum Gasteiger partial charge on any atom is 0.255 e. The summed E-state index contributed by atoms with van der Waals surface area (Å²) in [5.41, 5.74) is 6.47. The summed E-state index contributed by atoms with van der Waals surface area (Å²) in [7, 11) is 2.06. The highest BCUT2D eigenvalue weighted by atomic mass is 16.3. The summed E-state index contributed by atoms with van der Waals surface area (Å²) in [5, 5.41) is 12.4. The van der Waals surface area contributed by atoms with E-state index >= 15 is 0 Å². The smallest absolute Gasteiger partial charge is 0.255 e. The molecule has 0 saturated heterocycles. The van der Waals surface area contributed by atoms with Gasteiger partial charge in [-0.3, -0.25) is 9.78 Å². The zero-order valence-corrected chi connectivity index (χ0v) is 19.5. The van der Waals surface area contributed by atoms with Crippen molar-refractivity contribution in [2.45, 2.75) is 19.8 Å². The fourth-order valence-electron chi connectivity index (χ4n) is 3.93. The Kier molecular flexibility index (Phi) is 7.23. The quantitative estimate of drug-likeness (QED) is 0.341. The van der Waals surface area contributed by atoms with E-state index in [1.165, 1.54) is 5.56 Å². The zero-order valence-electron chi connectivity index (χ0n) is 19.5. The number of benzene rings is 3. The van der Waals surface area contributed by atoms with Crippen molar-refractivity contribution < 1.29 is 9.90 Å². The summed E-state index contributed by atoms with van der Waals surface area (Å²) in [6.07, 6.45) is 3.75. The predicted molar refractivity (Wildman–Crippen MR) is 139 cm³/mol.